The lowest BCUT2D eigenvalue weighted by molar-refractivity contribution is -0.149. The summed E-state index contributed by atoms with van der Waals surface area (Å²) in [4.78, 5) is 21.7. The Kier molecular flexibility index (Phi) is 9.30. The molecule has 0 amide bonds. The summed E-state index contributed by atoms with van der Waals surface area (Å²) in [5.41, 5.74) is 5.31. The number of unbranched alkanes of at least 4 members (excludes halogenated alkanes) is 2. The number of ether oxygens (including phenoxy) is 2. The van der Waals surface area contributed by atoms with Crippen LogP contribution in [0.3, 0.4) is 0 Å². The molecule has 0 aromatic carbocycles. The van der Waals surface area contributed by atoms with Crippen molar-refractivity contribution in [1.29, 1.82) is 0 Å². The van der Waals surface area contributed by atoms with Gasteiger partial charge >= 0.3 is 11.9 Å². The lowest BCUT2D eigenvalue weighted by Crippen LogP contribution is -2.12. The van der Waals surface area contributed by atoms with Crippen molar-refractivity contribution >= 4 is 11.9 Å². The fourth-order valence-electron chi connectivity index (χ4n) is 1.02. The molecular formula is C11H19NO4. The predicted octanol–water partition coefficient (Wildman–Crippen LogP) is 0.778. The molecule has 0 atom stereocenters. The van der Waals surface area contributed by atoms with Crippen molar-refractivity contribution in [3.8, 4) is 0 Å². The van der Waals surface area contributed by atoms with Crippen LogP contribution in [0, 0.1) is 0 Å². The second kappa shape index (κ2) is 10.2. The molecule has 0 radical (unpaired) electrons. The Morgan fingerprint density at radius 2 is 1.81 bits per heavy atom. The summed E-state index contributed by atoms with van der Waals surface area (Å²) < 4.78 is 9.47. The first-order chi connectivity index (χ1) is 7.70. The molecule has 0 fully saturated rings. The second-order valence-electron chi connectivity index (χ2n) is 3.19. The van der Waals surface area contributed by atoms with Gasteiger partial charge in [-0.3, -0.25) is 4.79 Å². The Morgan fingerprint density at radius 1 is 1.12 bits per heavy atom. The Balaban J connectivity index is 3.30. The summed E-state index contributed by atoms with van der Waals surface area (Å²) >= 11 is 0. The van der Waals surface area contributed by atoms with Crippen molar-refractivity contribution in [2.45, 2.75) is 25.7 Å². The van der Waals surface area contributed by atoms with Crippen molar-refractivity contribution < 1.29 is 19.1 Å². The molecule has 0 aromatic heterocycles. The van der Waals surface area contributed by atoms with E-state index >= 15 is 0 Å². The Morgan fingerprint density at radius 3 is 2.44 bits per heavy atom. The molecular weight excluding hydrogens is 210 g/mol. The molecule has 0 heterocycles. The average molecular weight is 229 g/mol. The molecule has 0 unspecified atom stereocenters. The molecule has 0 rings (SSSR count). The summed E-state index contributed by atoms with van der Waals surface area (Å²) in [6.07, 6.45) is 4.08. The zero-order chi connectivity index (χ0) is 12.2. The van der Waals surface area contributed by atoms with Gasteiger partial charge in [0.2, 0.25) is 0 Å². The monoisotopic (exact) mass is 229 g/mol. The quantitative estimate of drug-likeness (QED) is 0.359. The Labute approximate surface area is 95.6 Å². The van der Waals surface area contributed by atoms with Crippen LogP contribution in [-0.2, 0) is 19.1 Å². The van der Waals surface area contributed by atoms with E-state index in [-0.39, 0.29) is 19.2 Å². The lowest BCUT2D eigenvalue weighted by atomic mass is 10.2. The maximum Gasteiger partial charge on any atom is 0.330 e. The van der Waals surface area contributed by atoms with E-state index in [1.165, 1.54) is 0 Å². The smallest absolute Gasteiger partial charge is 0.330 e. The van der Waals surface area contributed by atoms with E-state index in [0.717, 1.165) is 25.3 Å². The minimum atomic E-state index is -0.515. The zero-order valence-electron chi connectivity index (χ0n) is 9.44. The molecule has 16 heavy (non-hydrogen) atoms. The van der Waals surface area contributed by atoms with E-state index in [0.29, 0.717) is 13.0 Å². The van der Waals surface area contributed by atoms with Crippen molar-refractivity contribution in [2.24, 2.45) is 5.73 Å². The molecule has 5 nitrogen and oxygen atoms in total. The van der Waals surface area contributed by atoms with Crippen LogP contribution in [-0.4, -0.2) is 31.7 Å². The number of hydrogen-bond acceptors (Lipinski definition) is 5. The minimum absolute atomic E-state index is 0.0688. The summed E-state index contributed by atoms with van der Waals surface area (Å²) in [6.45, 7) is 4.05. The summed E-state index contributed by atoms with van der Waals surface area (Å²) in [5.74, 6) is -0.786. The van der Waals surface area contributed by atoms with Crippen LogP contribution in [0.25, 0.3) is 0 Å². The van der Waals surface area contributed by atoms with Crippen molar-refractivity contribution in [3.05, 3.63) is 12.7 Å². The minimum Gasteiger partial charge on any atom is -0.462 e. The first kappa shape index (κ1) is 14.6. The highest BCUT2D eigenvalue weighted by molar-refractivity contribution is 5.81. The standard InChI is InChI=1S/C11H19NO4/c1-2-10(13)15-8-9-16-11(14)6-4-3-5-7-12/h2H,1,3-9,12H2. The molecule has 0 aliphatic carbocycles. The highest BCUT2D eigenvalue weighted by Crippen LogP contribution is 2.00. The van der Waals surface area contributed by atoms with E-state index in [4.69, 9.17) is 10.5 Å². The van der Waals surface area contributed by atoms with Gasteiger partial charge in [0.25, 0.3) is 0 Å². The highest BCUT2D eigenvalue weighted by atomic mass is 16.6. The largest absolute Gasteiger partial charge is 0.462 e. The second-order valence-corrected chi connectivity index (χ2v) is 3.19. The number of rotatable bonds is 9. The van der Waals surface area contributed by atoms with Crippen LogP contribution < -0.4 is 5.73 Å². The van der Waals surface area contributed by atoms with Crippen molar-refractivity contribution in [2.75, 3.05) is 19.8 Å². The van der Waals surface area contributed by atoms with Crippen LogP contribution in [0.4, 0.5) is 0 Å². The Hall–Kier alpha value is -1.36. The normalized spacial score (nSPS) is 9.56. The van der Waals surface area contributed by atoms with E-state index in [9.17, 15) is 9.59 Å². The van der Waals surface area contributed by atoms with Crippen LogP contribution in [0.15, 0.2) is 12.7 Å². The number of esters is 2. The zero-order valence-corrected chi connectivity index (χ0v) is 9.44. The van der Waals surface area contributed by atoms with Crippen LogP contribution >= 0.6 is 0 Å². The maximum atomic E-state index is 11.1. The fourth-order valence-corrected chi connectivity index (χ4v) is 1.02. The first-order valence-electron chi connectivity index (χ1n) is 5.35. The molecule has 2 N–H and O–H groups in total. The van der Waals surface area contributed by atoms with Crippen molar-refractivity contribution in [1.82, 2.24) is 0 Å². The Bertz CT molecular complexity index is 228. The summed E-state index contributed by atoms with van der Waals surface area (Å²) in [7, 11) is 0. The van der Waals surface area contributed by atoms with Gasteiger partial charge in [-0.25, -0.2) is 4.79 Å². The van der Waals surface area contributed by atoms with Crippen LogP contribution in [0.2, 0.25) is 0 Å². The molecule has 0 saturated carbocycles. The van der Waals surface area contributed by atoms with E-state index in [2.05, 4.69) is 11.3 Å². The van der Waals surface area contributed by atoms with E-state index in [1.807, 2.05) is 0 Å². The average Bonchev–Trinajstić information content (AvgIpc) is 2.30. The molecule has 0 aliphatic rings. The lowest BCUT2D eigenvalue weighted by Gasteiger charge is -2.04. The molecule has 0 spiro atoms. The highest BCUT2D eigenvalue weighted by Gasteiger charge is 2.02. The van der Waals surface area contributed by atoms with E-state index in [1.54, 1.807) is 0 Å². The number of nitrogens with two attached hydrogens (primary N) is 1. The van der Waals surface area contributed by atoms with Crippen LogP contribution in [0.5, 0.6) is 0 Å². The van der Waals surface area contributed by atoms with Gasteiger partial charge in [-0.2, -0.15) is 0 Å². The fraction of sp³-hybridized carbons (Fsp3) is 0.636. The molecule has 0 bridgehead atoms. The summed E-state index contributed by atoms with van der Waals surface area (Å²) in [5, 5.41) is 0. The molecule has 0 aliphatic heterocycles. The number of hydrogen-bond donors (Lipinski definition) is 1. The molecule has 92 valence electrons. The molecule has 0 saturated heterocycles. The van der Waals surface area contributed by atoms with Gasteiger partial charge in [0, 0.05) is 12.5 Å². The van der Waals surface area contributed by atoms with Gasteiger partial charge in [-0.05, 0) is 19.4 Å². The van der Waals surface area contributed by atoms with Gasteiger partial charge < -0.3 is 15.2 Å². The third-order valence-electron chi connectivity index (χ3n) is 1.84. The predicted molar refractivity (Wildman–Crippen MR) is 59.6 cm³/mol. The number of carbonyl (C=O) groups excluding carboxylic acids is 2. The SMILES string of the molecule is C=CC(=O)OCCOC(=O)CCCCCN. The molecule has 5 heteroatoms. The van der Waals surface area contributed by atoms with Gasteiger partial charge in [0.1, 0.15) is 13.2 Å². The van der Waals surface area contributed by atoms with Crippen molar-refractivity contribution in [3.63, 3.8) is 0 Å². The van der Waals surface area contributed by atoms with Gasteiger partial charge in [0.05, 0.1) is 0 Å². The van der Waals surface area contributed by atoms with Gasteiger partial charge in [-0.15, -0.1) is 0 Å². The first-order valence-corrected chi connectivity index (χ1v) is 5.35. The summed E-state index contributed by atoms with van der Waals surface area (Å²) in [6, 6.07) is 0. The number of carbonyl (C=O) groups is 2. The van der Waals surface area contributed by atoms with Gasteiger partial charge in [-0.1, -0.05) is 13.0 Å². The van der Waals surface area contributed by atoms with E-state index < -0.39 is 5.97 Å². The van der Waals surface area contributed by atoms with Gasteiger partial charge in [0.15, 0.2) is 0 Å². The molecule has 0 aromatic rings. The third kappa shape index (κ3) is 9.21. The van der Waals surface area contributed by atoms with Crippen LogP contribution in [0.1, 0.15) is 25.7 Å². The maximum absolute atomic E-state index is 11.1. The third-order valence-corrected chi connectivity index (χ3v) is 1.84. The topological polar surface area (TPSA) is 78.6 Å².